The third kappa shape index (κ3) is 5.45. The highest BCUT2D eigenvalue weighted by Crippen LogP contribution is 2.24. The zero-order valence-corrected chi connectivity index (χ0v) is 19.7. The SMILES string of the molecule is COc1ccc(Nc2ccccc2C(=O)NCCCc2nn(-c3ccc(F)cc3)c(N)c2C#N)cc1. The van der Waals surface area contributed by atoms with E-state index in [9.17, 15) is 14.4 Å². The number of hydrogen-bond acceptors (Lipinski definition) is 6. The second-order valence-electron chi connectivity index (χ2n) is 7.97. The van der Waals surface area contributed by atoms with Crippen molar-refractivity contribution in [3.05, 3.63) is 95.4 Å². The number of benzene rings is 3. The lowest BCUT2D eigenvalue weighted by molar-refractivity contribution is 0.0954. The van der Waals surface area contributed by atoms with Gasteiger partial charge in [0.05, 0.1) is 29.7 Å². The molecule has 0 unspecified atom stereocenters. The van der Waals surface area contributed by atoms with Crippen LogP contribution in [-0.2, 0) is 6.42 Å². The maximum absolute atomic E-state index is 13.3. The number of para-hydroxylation sites is 1. The molecule has 8 nitrogen and oxygen atoms in total. The molecule has 0 aliphatic heterocycles. The lowest BCUT2D eigenvalue weighted by Crippen LogP contribution is -2.25. The number of aryl methyl sites for hydroxylation is 1. The summed E-state index contributed by atoms with van der Waals surface area (Å²) in [6, 6.07) is 22.5. The van der Waals surface area contributed by atoms with Gasteiger partial charge in [-0.3, -0.25) is 4.79 Å². The Labute approximate surface area is 208 Å². The molecule has 0 fully saturated rings. The summed E-state index contributed by atoms with van der Waals surface area (Å²) in [7, 11) is 1.61. The number of nitrogens with two attached hydrogens (primary N) is 1. The minimum Gasteiger partial charge on any atom is -0.497 e. The highest BCUT2D eigenvalue weighted by molar-refractivity contribution is 6.00. The Morgan fingerprint density at radius 2 is 1.83 bits per heavy atom. The molecular weight excluding hydrogens is 459 g/mol. The fraction of sp³-hybridized carbons (Fsp3) is 0.148. The number of nitrogen functional groups attached to an aromatic ring is 1. The van der Waals surface area contributed by atoms with Crippen molar-refractivity contribution in [1.82, 2.24) is 15.1 Å². The number of nitrogens with one attached hydrogen (secondary N) is 2. The van der Waals surface area contributed by atoms with Crippen LogP contribution in [0.15, 0.2) is 72.8 Å². The molecule has 1 aromatic heterocycles. The fourth-order valence-corrected chi connectivity index (χ4v) is 3.73. The van der Waals surface area contributed by atoms with Crippen LogP contribution in [0.2, 0.25) is 0 Å². The van der Waals surface area contributed by atoms with E-state index in [2.05, 4.69) is 21.8 Å². The summed E-state index contributed by atoms with van der Waals surface area (Å²) in [5, 5.41) is 20.2. The second-order valence-corrected chi connectivity index (χ2v) is 7.97. The van der Waals surface area contributed by atoms with Gasteiger partial charge in [-0.1, -0.05) is 12.1 Å². The average molecular weight is 485 g/mol. The largest absolute Gasteiger partial charge is 0.497 e. The Bertz CT molecular complexity index is 1390. The number of ether oxygens (including phenoxy) is 1. The number of aromatic nitrogens is 2. The molecule has 1 amide bonds. The summed E-state index contributed by atoms with van der Waals surface area (Å²) in [6.07, 6.45) is 0.988. The number of anilines is 3. The maximum Gasteiger partial charge on any atom is 0.253 e. The van der Waals surface area contributed by atoms with Crippen LogP contribution in [-0.4, -0.2) is 29.3 Å². The molecule has 1 heterocycles. The van der Waals surface area contributed by atoms with E-state index in [1.54, 1.807) is 31.4 Å². The summed E-state index contributed by atoms with van der Waals surface area (Å²) >= 11 is 0. The normalized spacial score (nSPS) is 10.5. The summed E-state index contributed by atoms with van der Waals surface area (Å²) in [5.41, 5.74) is 9.49. The summed E-state index contributed by atoms with van der Waals surface area (Å²) in [6.45, 7) is 0.379. The molecule has 0 atom stereocenters. The summed E-state index contributed by atoms with van der Waals surface area (Å²) < 4.78 is 19.9. The first kappa shape index (κ1) is 24.3. The molecule has 0 saturated carbocycles. The Hall–Kier alpha value is -4.84. The van der Waals surface area contributed by atoms with Gasteiger partial charge in [-0.15, -0.1) is 0 Å². The van der Waals surface area contributed by atoms with Gasteiger partial charge in [-0.2, -0.15) is 10.4 Å². The number of halogens is 1. The molecule has 4 aromatic rings. The molecule has 0 radical (unpaired) electrons. The molecule has 182 valence electrons. The topological polar surface area (TPSA) is 118 Å². The molecule has 0 bridgehead atoms. The molecule has 36 heavy (non-hydrogen) atoms. The van der Waals surface area contributed by atoms with Gasteiger partial charge in [0, 0.05) is 12.2 Å². The summed E-state index contributed by atoms with van der Waals surface area (Å²) in [5.74, 6) is 0.349. The van der Waals surface area contributed by atoms with Crippen molar-refractivity contribution in [2.45, 2.75) is 12.8 Å². The van der Waals surface area contributed by atoms with Gasteiger partial charge >= 0.3 is 0 Å². The minimum absolute atomic E-state index is 0.196. The maximum atomic E-state index is 13.3. The predicted molar refractivity (Wildman–Crippen MR) is 136 cm³/mol. The van der Waals surface area contributed by atoms with Crippen molar-refractivity contribution in [3.63, 3.8) is 0 Å². The van der Waals surface area contributed by atoms with E-state index in [1.807, 2.05) is 36.4 Å². The molecule has 0 aliphatic rings. The third-order valence-corrected chi connectivity index (χ3v) is 5.59. The molecule has 4 rings (SSSR count). The minimum atomic E-state index is -0.373. The van der Waals surface area contributed by atoms with Gasteiger partial charge in [0.15, 0.2) is 0 Å². The fourth-order valence-electron chi connectivity index (χ4n) is 3.73. The standard InChI is InChI=1S/C27H25FN6O2/c1-36-21-14-10-19(11-15-21)32-24-6-3-2-5-22(24)27(35)31-16-4-7-25-23(17-29)26(30)34(33-25)20-12-8-18(28)9-13-20/h2-3,5-6,8-15,32H,4,7,16,30H2,1H3,(H,31,35). The highest BCUT2D eigenvalue weighted by atomic mass is 19.1. The molecule has 3 aromatic carbocycles. The number of carbonyl (C=O) groups is 1. The van der Waals surface area contributed by atoms with Gasteiger partial charge in [0.25, 0.3) is 5.91 Å². The predicted octanol–water partition coefficient (Wildman–Crippen LogP) is 4.58. The molecule has 0 spiro atoms. The summed E-state index contributed by atoms with van der Waals surface area (Å²) in [4.78, 5) is 12.9. The van der Waals surface area contributed by atoms with Crippen molar-refractivity contribution < 1.29 is 13.9 Å². The lowest BCUT2D eigenvalue weighted by Gasteiger charge is -2.12. The van der Waals surface area contributed by atoms with E-state index in [0.717, 1.165) is 11.4 Å². The number of hydrogen-bond donors (Lipinski definition) is 3. The van der Waals surface area contributed by atoms with Crippen LogP contribution < -0.4 is 21.1 Å². The number of methoxy groups -OCH3 is 1. The molecule has 0 saturated heterocycles. The van der Waals surface area contributed by atoms with Crippen LogP contribution >= 0.6 is 0 Å². The van der Waals surface area contributed by atoms with Crippen molar-refractivity contribution in [2.75, 3.05) is 24.7 Å². The smallest absolute Gasteiger partial charge is 0.253 e. The van der Waals surface area contributed by atoms with Crippen molar-refractivity contribution >= 4 is 23.1 Å². The Morgan fingerprint density at radius 1 is 1.11 bits per heavy atom. The lowest BCUT2D eigenvalue weighted by atomic mass is 10.1. The zero-order valence-electron chi connectivity index (χ0n) is 19.7. The number of nitrogens with zero attached hydrogens (tertiary/aromatic N) is 3. The van der Waals surface area contributed by atoms with E-state index in [-0.39, 0.29) is 23.1 Å². The zero-order chi connectivity index (χ0) is 25.5. The first-order chi connectivity index (χ1) is 17.5. The van der Waals surface area contributed by atoms with Crippen LogP contribution in [0.4, 0.5) is 21.6 Å². The van der Waals surface area contributed by atoms with Crippen molar-refractivity contribution in [1.29, 1.82) is 5.26 Å². The highest BCUT2D eigenvalue weighted by Gasteiger charge is 2.17. The van der Waals surface area contributed by atoms with E-state index >= 15 is 0 Å². The number of nitriles is 1. The number of carbonyl (C=O) groups excluding carboxylic acids is 1. The Kier molecular flexibility index (Phi) is 7.46. The van der Waals surface area contributed by atoms with Crippen molar-refractivity contribution in [2.24, 2.45) is 0 Å². The Morgan fingerprint density at radius 3 is 2.53 bits per heavy atom. The quantitative estimate of drug-likeness (QED) is 0.299. The van der Waals surface area contributed by atoms with Gasteiger partial charge in [0.1, 0.15) is 29.0 Å². The number of amides is 1. The molecule has 9 heteroatoms. The molecular formula is C27H25FN6O2. The van der Waals surface area contributed by atoms with Gasteiger partial charge < -0.3 is 21.1 Å². The van der Waals surface area contributed by atoms with Crippen LogP contribution in [0.1, 0.15) is 28.0 Å². The van der Waals surface area contributed by atoms with Gasteiger partial charge in [-0.25, -0.2) is 9.07 Å². The Balaban J connectivity index is 1.38. The van der Waals surface area contributed by atoms with E-state index < -0.39 is 0 Å². The average Bonchev–Trinajstić information content (AvgIpc) is 3.22. The third-order valence-electron chi connectivity index (χ3n) is 5.59. The van der Waals surface area contributed by atoms with Crippen LogP contribution in [0, 0.1) is 17.1 Å². The van der Waals surface area contributed by atoms with Crippen LogP contribution in [0.5, 0.6) is 5.75 Å². The molecule has 0 aliphatic carbocycles. The van der Waals surface area contributed by atoms with E-state index in [0.29, 0.717) is 42.0 Å². The van der Waals surface area contributed by atoms with E-state index in [1.165, 1.54) is 16.8 Å². The molecule has 4 N–H and O–H groups in total. The first-order valence-corrected chi connectivity index (χ1v) is 11.3. The van der Waals surface area contributed by atoms with Crippen LogP contribution in [0.25, 0.3) is 5.69 Å². The monoisotopic (exact) mass is 484 g/mol. The van der Waals surface area contributed by atoms with E-state index in [4.69, 9.17) is 10.5 Å². The van der Waals surface area contributed by atoms with Crippen molar-refractivity contribution in [3.8, 4) is 17.5 Å². The second kappa shape index (κ2) is 11.1. The van der Waals surface area contributed by atoms with Gasteiger partial charge in [-0.05, 0) is 73.5 Å². The van der Waals surface area contributed by atoms with Gasteiger partial charge in [0.2, 0.25) is 0 Å². The first-order valence-electron chi connectivity index (χ1n) is 11.3. The van der Waals surface area contributed by atoms with Crippen LogP contribution in [0.3, 0.4) is 0 Å². The number of rotatable bonds is 9.